The maximum atomic E-state index is 12.0. The Bertz CT molecular complexity index is 914. The summed E-state index contributed by atoms with van der Waals surface area (Å²) in [6.07, 6.45) is 1.55. The minimum Gasteiger partial charge on any atom is -0.505 e. The molecule has 11 heteroatoms. The van der Waals surface area contributed by atoms with Crippen molar-refractivity contribution in [1.29, 1.82) is 0 Å². The topological polar surface area (TPSA) is 152 Å². The maximum Gasteiger partial charge on any atom is 0.472 e. The van der Waals surface area contributed by atoms with Crippen molar-refractivity contribution >= 4 is 20.1 Å². The molecule has 0 bridgehead atoms. The van der Waals surface area contributed by atoms with Crippen molar-refractivity contribution in [3.05, 3.63) is 52.8 Å². The number of carbonyl (C=O) groups excluding carboxylic acids is 1. The number of nitrogens with zero attached hydrogens (tertiary/aromatic N) is 1. The molecule has 0 spiro atoms. The Kier molecular flexibility index (Phi) is 7.86. The largest absolute Gasteiger partial charge is 0.505 e. The molecule has 10 nitrogen and oxygen atoms in total. The lowest BCUT2D eigenvalue weighted by molar-refractivity contribution is -0.137. The van der Waals surface area contributed by atoms with Gasteiger partial charge in [-0.1, -0.05) is 12.1 Å². The molecule has 29 heavy (non-hydrogen) atoms. The standard InChI is InChI=1S/C18H20NO9P/c1-12-18(23)16(9-20)14(8-19-12)11-28-29(24,25)27-10-13-2-4-15(5-3-13)26-7-6-17(21)22/h2-5,8-9,23H,6-7,10-11H2,1H3,(H,21,22)(H,24,25). The second-order valence-electron chi connectivity index (χ2n) is 5.90. The van der Waals surface area contributed by atoms with E-state index in [4.69, 9.17) is 18.9 Å². The Balaban J connectivity index is 1.88. The van der Waals surface area contributed by atoms with Crippen LogP contribution in [0.25, 0.3) is 0 Å². The summed E-state index contributed by atoms with van der Waals surface area (Å²) in [6, 6.07) is 6.31. The molecule has 0 amide bonds. The number of rotatable bonds is 11. The van der Waals surface area contributed by atoms with Gasteiger partial charge in [-0.05, 0) is 24.6 Å². The molecule has 1 atom stereocenters. The summed E-state index contributed by atoms with van der Waals surface area (Å²) in [5.74, 6) is -0.836. The number of aryl methyl sites for hydroxylation is 1. The minimum atomic E-state index is -4.44. The fourth-order valence-corrected chi connectivity index (χ4v) is 2.87. The van der Waals surface area contributed by atoms with Crippen LogP contribution in [0.4, 0.5) is 0 Å². The molecule has 0 fully saturated rings. The van der Waals surface area contributed by atoms with Crippen molar-refractivity contribution in [3.8, 4) is 11.5 Å². The van der Waals surface area contributed by atoms with E-state index < -0.39 is 20.4 Å². The molecule has 1 aromatic heterocycles. The highest BCUT2D eigenvalue weighted by molar-refractivity contribution is 7.47. The number of ether oxygens (including phenoxy) is 1. The van der Waals surface area contributed by atoms with Crippen LogP contribution in [0.5, 0.6) is 11.5 Å². The smallest absolute Gasteiger partial charge is 0.472 e. The number of aliphatic carboxylic acids is 1. The van der Waals surface area contributed by atoms with Crippen LogP contribution < -0.4 is 4.74 Å². The van der Waals surface area contributed by atoms with Gasteiger partial charge in [-0.2, -0.15) is 0 Å². The average Bonchev–Trinajstić information content (AvgIpc) is 2.68. The molecule has 1 aromatic carbocycles. The summed E-state index contributed by atoms with van der Waals surface area (Å²) in [7, 11) is -4.44. The number of pyridine rings is 1. The highest BCUT2D eigenvalue weighted by Gasteiger charge is 2.23. The van der Waals surface area contributed by atoms with Gasteiger partial charge in [0.25, 0.3) is 0 Å². The summed E-state index contributed by atoms with van der Waals surface area (Å²) >= 11 is 0. The normalized spacial score (nSPS) is 12.9. The van der Waals surface area contributed by atoms with Gasteiger partial charge in [0.05, 0.1) is 37.5 Å². The van der Waals surface area contributed by atoms with E-state index in [2.05, 4.69) is 4.98 Å². The van der Waals surface area contributed by atoms with E-state index >= 15 is 0 Å². The lowest BCUT2D eigenvalue weighted by Crippen LogP contribution is -2.04. The first kappa shape index (κ1) is 22.5. The third kappa shape index (κ3) is 6.95. The van der Waals surface area contributed by atoms with Gasteiger partial charge in [0, 0.05) is 11.8 Å². The molecule has 0 radical (unpaired) electrons. The number of hydrogen-bond donors (Lipinski definition) is 3. The molecule has 2 rings (SSSR count). The molecule has 2 aromatic rings. The molecule has 1 unspecified atom stereocenters. The number of phosphoric ester groups is 1. The van der Waals surface area contributed by atoms with E-state index in [0.29, 0.717) is 17.6 Å². The fraction of sp³-hybridized carbons (Fsp3) is 0.278. The van der Waals surface area contributed by atoms with Crippen LogP contribution in [0.3, 0.4) is 0 Å². The molecular weight excluding hydrogens is 405 g/mol. The Labute approximate surface area is 166 Å². The van der Waals surface area contributed by atoms with Gasteiger partial charge < -0.3 is 19.8 Å². The van der Waals surface area contributed by atoms with Crippen LogP contribution in [0.2, 0.25) is 0 Å². The number of carboxylic acids is 1. The predicted molar refractivity (Wildman–Crippen MR) is 99.6 cm³/mol. The lowest BCUT2D eigenvalue weighted by atomic mass is 10.1. The number of carbonyl (C=O) groups is 2. The average molecular weight is 425 g/mol. The lowest BCUT2D eigenvalue weighted by Gasteiger charge is -2.14. The Hall–Kier alpha value is -2.78. The monoisotopic (exact) mass is 425 g/mol. The molecular formula is C18H20NO9P. The van der Waals surface area contributed by atoms with Crippen LogP contribution in [0.15, 0.2) is 30.5 Å². The van der Waals surface area contributed by atoms with Gasteiger partial charge in [-0.25, -0.2) is 4.57 Å². The third-order valence-corrected chi connectivity index (χ3v) is 4.67. The van der Waals surface area contributed by atoms with Crippen LogP contribution >= 0.6 is 7.82 Å². The highest BCUT2D eigenvalue weighted by atomic mass is 31.2. The van der Waals surface area contributed by atoms with Crippen molar-refractivity contribution in [2.45, 2.75) is 26.6 Å². The Morgan fingerprint density at radius 3 is 2.48 bits per heavy atom. The Morgan fingerprint density at radius 1 is 1.21 bits per heavy atom. The van der Waals surface area contributed by atoms with Gasteiger partial charge in [0.2, 0.25) is 0 Å². The van der Waals surface area contributed by atoms with Crippen LogP contribution in [-0.4, -0.2) is 39.0 Å². The van der Waals surface area contributed by atoms with Crippen molar-refractivity contribution in [3.63, 3.8) is 0 Å². The third-order valence-electron chi connectivity index (χ3n) is 3.76. The van der Waals surface area contributed by atoms with Crippen molar-refractivity contribution in [2.24, 2.45) is 0 Å². The quantitative estimate of drug-likeness (QED) is 0.362. The van der Waals surface area contributed by atoms with Gasteiger partial charge in [-0.3, -0.25) is 23.6 Å². The van der Waals surface area contributed by atoms with Gasteiger partial charge in [0.1, 0.15) is 11.5 Å². The molecule has 0 aliphatic rings. The SMILES string of the molecule is Cc1ncc(COP(=O)(O)OCc2ccc(OCCC(=O)O)cc2)c(C=O)c1O. The maximum absolute atomic E-state index is 12.0. The first-order chi connectivity index (χ1) is 13.7. The van der Waals surface area contributed by atoms with E-state index in [9.17, 15) is 24.2 Å². The number of aromatic nitrogens is 1. The zero-order valence-corrected chi connectivity index (χ0v) is 16.4. The number of hydrogen-bond acceptors (Lipinski definition) is 8. The summed E-state index contributed by atoms with van der Waals surface area (Å²) in [5, 5.41) is 18.4. The fourth-order valence-electron chi connectivity index (χ4n) is 2.18. The van der Waals surface area contributed by atoms with Crippen LogP contribution in [-0.2, 0) is 31.6 Å². The Morgan fingerprint density at radius 2 is 1.86 bits per heavy atom. The minimum absolute atomic E-state index is 0.0249. The van der Waals surface area contributed by atoms with Crippen molar-refractivity contribution in [1.82, 2.24) is 4.98 Å². The molecule has 0 saturated carbocycles. The van der Waals surface area contributed by atoms with E-state index in [-0.39, 0.29) is 42.2 Å². The highest BCUT2D eigenvalue weighted by Crippen LogP contribution is 2.45. The molecule has 0 aliphatic carbocycles. The zero-order valence-electron chi connectivity index (χ0n) is 15.5. The first-order valence-electron chi connectivity index (χ1n) is 8.40. The predicted octanol–water partition coefficient (Wildman–Crippen LogP) is 2.60. The zero-order chi connectivity index (χ0) is 21.4. The number of benzene rings is 1. The molecule has 1 heterocycles. The van der Waals surface area contributed by atoms with E-state index in [1.807, 2.05) is 0 Å². The van der Waals surface area contributed by atoms with E-state index in [1.165, 1.54) is 13.1 Å². The van der Waals surface area contributed by atoms with E-state index in [0.717, 1.165) is 0 Å². The second-order valence-corrected chi connectivity index (χ2v) is 7.35. The number of aromatic hydroxyl groups is 1. The molecule has 0 aliphatic heterocycles. The summed E-state index contributed by atoms with van der Waals surface area (Å²) in [6.45, 7) is 0.840. The van der Waals surface area contributed by atoms with E-state index in [1.54, 1.807) is 24.3 Å². The second kappa shape index (κ2) is 10.1. The van der Waals surface area contributed by atoms with Gasteiger partial charge >= 0.3 is 13.8 Å². The molecule has 3 N–H and O–H groups in total. The van der Waals surface area contributed by atoms with Gasteiger partial charge in [-0.15, -0.1) is 0 Å². The van der Waals surface area contributed by atoms with Crippen molar-refractivity contribution < 1.29 is 43.0 Å². The first-order valence-corrected chi connectivity index (χ1v) is 9.89. The number of carboxylic acid groups (broad SMARTS) is 1. The van der Waals surface area contributed by atoms with Crippen LogP contribution in [0.1, 0.15) is 33.6 Å². The summed E-state index contributed by atoms with van der Waals surface area (Å²) < 4.78 is 27.1. The molecule has 156 valence electrons. The number of aldehydes is 1. The van der Waals surface area contributed by atoms with Crippen LogP contribution in [0, 0.1) is 6.92 Å². The van der Waals surface area contributed by atoms with Crippen molar-refractivity contribution in [2.75, 3.05) is 6.61 Å². The molecule has 0 saturated heterocycles. The summed E-state index contributed by atoms with van der Waals surface area (Å²) in [4.78, 5) is 35.2. The number of phosphoric acid groups is 1. The summed E-state index contributed by atoms with van der Waals surface area (Å²) in [5.41, 5.74) is 0.867. The van der Waals surface area contributed by atoms with Gasteiger partial charge in [0.15, 0.2) is 6.29 Å².